The summed E-state index contributed by atoms with van der Waals surface area (Å²) < 4.78 is 11.1. The van der Waals surface area contributed by atoms with E-state index in [4.69, 9.17) is 9.47 Å². The van der Waals surface area contributed by atoms with Gasteiger partial charge in [-0.2, -0.15) is 0 Å². The maximum atomic E-state index is 10.1. The number of benzene rings is 2. The minimum absolute atomic E-state index is 0.448. The Balaban J connectivity index is 1.79. The van der Waals surface area contributed by atoms with E-state index < -0.39 is 37.3 Å². The number of para-hydroxylation sites is 1. The van der Waals surface area contributed by atoms with Gasteiger partial charge >= 0.3 is 0 Å². The molecule has 1 saturated heterocycles. The van der Waals surface area contributed by atoms with Gasteiger partial charge in [-0.15, -0.1) is 0 Å². The average Bonchev–Trinajstić information content (AvgIpc) is 2.68. The SMILES string of the molecule is OC[C@H]1OC(Oc2ccccc2/C=C/c2ccccc2)[C@H](O)[C@@H](O)[C@@H]1O. The Morgan fingerprint density at radius 3 is 2.27 bits per heavy atom. The van der Waals surface area contributed by atoms with Gasteiger partial charge in [0.1, 0.15) is 30.2 Å². The zero-order chi connectivity index (χ0) is 18.5. The summed E-state index contributed by atoms with van der Waals surface area (Å²) in [5.74, 6) is 0.448. The minimum atomic E-state index is -1.47. The van der Waals surface area contributed by atoms with E-state index in [0.29, 0.717) is 5.75 Å². The molecule has 2 aromatic carbocycles. The summed E-state index contributed by atoms with van der Waals surface area (Å²) in [6.07, 6.45) is -2.76. The molecule has 0 aliphatic carbocycles. The van der Waals surface area contributed by atoms with Gasteiger partial charge in [-0.05, 0) is 11.6 Å². The van der Waals surface area contributed by atoms with E-state index in [1.165, 1.54) is 0 Å². The van der Waals surface area contributed by atoms with E-state index in [1.807, 2.05) is 54.6 Å². The Morgan fingerprint density at radius 1 is 0.846 bits per heavy atom. The lowest BCUT2D eigenvalue weighted by Gasteiger charge is -2.39. The van der Waals surface area contributed by atoms with E-state index in [0.717, 1.165) is 11.1 Å². The van der Waals surface area contributed by atoms with Crippen LogP contribution >= 0.6 is 0 Å². The van der Waals surface area contributed by atoms with Crippen molar-refractivity contribution in [2.45, 2.75) is 30.7 Å². The highest BCUT2D eigenvalue weighted by Gasteiger charge is 2.44. The smallest absolute Gasteiger partial charge is 0.229 e. The first-order valence-electron chi connectivity index (χ1n) is 8.39. The molecule has 1 fully saturated rings. The fraction of sp³-hybridized carbons (Fsp3) is 0.300. The van der Waals surface area contributed by atoms with Crippen LogP contribution in [-0.4, -0.2) is 57.7 Å². The van der Waals surface area contributed by atoms with Crippen LogP contribution in [0.5, 0.6) is 5.75 Å². The van der Waals surface area contributed by atoms with Crippen LogP contribution in [-0.2, 0) is 4.74 Å². The molecule has 0 spiro atoms. The van der Waals surface area contributed by atoms with Crippen molar-refractivity contribution in [1.29, 1.82) is 0 Å². The maximum absolute atomic E-state index is 10.1. The lowest BCUT2D eigenvalue weighted by atomic mass is 9.99. The molecule has 2 aromatic rings. The Bertz CT molecular complexity index is 730. The number of rotatable bonds is 5. The molecule has 6 heteroatoms. The van der Waals surface area contributed by atoms with Crippen molar-refractivity contribution in [2.75, 3.05) is 6.61 Å². The standard InChI is InChI=1S/C20H22O6/c21-12-16-17(22)18(23)19(24)20(26-16)25-15-9-5-4-8-14(15)11-10-13-6-2-1-3-7-13/h1-11,16-24H,12H2/b11-10+/t16-,17-,18+,19-,20?/m1/s1. The molecule has 1 unspecified atom stereocenters. The predicted octanol–water partition coefficient (Wildman–Crippen LogP) is 1.04. The Hall–Kier alpha value is -2.22. The van der Waals surface area contributed by atoms with Gasteiger partial charge in [0, 0.05) is 5.56 Å². The zero-order valence-electron chi connectivity index (χ0n) is 14.1. The normalized spacial score (nSPS) is 29.0. The van der Waals surface area contributed by atoms with Gasteiger partial charge in [-0.25, -0.2) is 0 Å². The lowest BCUT2D eigenvalue weighted by molar-refractivity contribution is -0.277. The molecule has 0 bridgehead atoms. The molecule has 1 aliphatic heterocycles. The molecular formula is C20H22O6. The van der Waals surface area contributed by atoms with Crippen molar-refractivity contribution in [2.24, 2.45) is 0 Å². The summed E-state index contributed by atoms with van der Waals surface area (Å²) >= 11 is 0. The summed E-state index contributed by atoms with van der Waals surface area (Å²) in [7, 11) is 0. The molecule has 6 nitrogen and oxygen atoms in total. The molecule has 0 aromatic heterocycles. The van der Waals surface area contributed by atoms with Gasteiger partial charge in [0.2, 0.25) is 6.29 Å². The van der Waals surface area contributed by atoms with Crippen molar-refractivity contribution in [3.63, 3.8) is 0 Å². The Labute approximate surface area is 151 Å². The highest BCUT2D eigenvalue weighted by atomic mass is 16.7. The van der Waals surface area contributed by atoms with Gasteiger partial charge in [0.15, 0.2) is 0 Å². The molecule has 0 radical (unpaired) electrons. The predicted molar refractivity (Wildman–Crippen MR) is 96.2 cm³/mol. The van der Waals surface area contributed by atoms with E-state index in [9.17, 15) is 20.4 Å². The summed E-state index contributed by atoms with van der Waals surface area (Å²) in [5, 5.41) is 39.1. The van der Waals surface area contributed by atoms with Crippen LogP contribution < -0.4 is 4.74 Å². The minimum Gasteiger partial charge on any atom is -0.461 e. The van der Waals surface area contributed by atoms with Crippen molar-refractivity contribution >= 4 is 12.2 Å². The first-order chi connectivity index (χ1) is 12.6. The molecule has 0 saturated carbocycles. The van der Waals surface area contributed by atoms with Gasteiger partial charge < -0.3 is 29.9 Å². The Morgan fingerprint density at radius 2 is 1.54 bits per heavy atom. The molecule has 5 atom stereocenters. The van der Waals surface area contributed by atoms with Crippen molar-refractivity contribution in [3.05, 3.63) is 65.7 Å². The Kier molecular flexibility index (Phi) is 6.03. The summed E-state index contributed by atoms with van der Waals surface area (Å²) in [4.78, 5) is 0. The zero-order valence-corrected chi connectivity index (χ0v) is 14.1. The fourth-order valence-corrected chi connectivity index (χ4v) is 2.77. The third kappa shape index (κ3) is 4.12. The van der Waals surface area contributed by atoms with Crippen LogP contribution in [0.25, 0.3) is 12.2 Å². The number of hydrogen-bond acceptors (Lipinski definition) is 6. The lowest BCUT2D eigenvalue weighted by Crippen LogP contribution is -2.60. The second-order valence-electron chi connectivity index (χ2n) is 6.10. The number of hydrogen-bond donors (Lipinski definition) is 4. The van der Waals surface area contributed by atoms with Crippen LogP contribution in [0, 0.1) is 0 Å². The highest BCUT2D eigenvalue weighted by Crippen LogP contribution is 2.27. The van der Waals surface area contributed by atoms with E-state index in [2.05, 4.69) is 0 Å². The van der Waals surface area contributed by atoms with Crippen LogP contribution in [0.4, 0.5) is 0 Å². The maximum Gasteiger partial charge on any atom is 0.229 e. The highest BCUT2D eigenvalue weighted by molar-refractivity contribution is 5.72. The largest absolute Gasteiger partial charge is 0.461 e. The quantitative estimate of drug-likeness (QED) is 0.596. The first-order valence-corrected chi connectivity index (χ1v) is 8.39. The summed E-state index contributed by atoms with van der Waals surface area (Å²) in [6.45, 7) is -0.500. The van der Waals surface area contributed by atoms with Crippen LogP contribution in [0.15, 0.2) is 54.6 Å². The van der Waals surface area contributed by atoms with Gasteiger partial charge in [-0.3, -0.25) is 0 Å². The van der Waals surface area contributed by atoms with Crippen LogP contribution in [0.2, 0.25) is 0 Å². The molecule has 3 rings (SSSR count). The number of aliphatic hydroxyl groups excluding tert-OH is 4. The third-order valence-electron chi connectivity index (χ3n) is 4.27. The van der Waals surface area contributed by atoms with Gasteiger partial charge in [0.05, 0.1) is 6.61 Å². The van der Waals surface area contributed by atoms with Crippen molar-refractivity contribution < 1.29 is 29.9 Å². The summed E-state index contributed by atoms with van der Waals surface area (Å²) in [6, 6.07) is 16.9. The van der Waals surface area contributed by atoms with E-state index >= 15 is 0 Å². The first kappa shape index (κ1) is 18.6. The molecule has 4 N–H and O–H groups in total. The van der Waals surface area contributed by atoms with Crippen molar-refractivity contribution in [1.82, 2.24) is 0 Å². The second kappa shape index (κ2) is 8.44. The van der Waals surface area contributed by atoms with Crippen LogP contribution in [0.1, 0.15) is 11.1 Å². The summed E-state index contributed by atoms with van der Waals surface area (Å²) in [5.41, 5.74) is 1.78. The van der Waals surface area contributed by atoms with Gasteiger partial charge in [-0.1, -0.05) is 60.7 Å². The molecule has 1 aliphatic rings. The average molecular weight is 358 g/mol. The van der Waals surface area contributed by atoms with Gasteiger partial charge in [0.25, 0.3) is 0 Å². The third-order valence-corrected chi connectivity index (χ3v) is 4.27. The molecule has 0 amide bonds. The van der Waals surface area contributed by atoms with Crippen molar-refractivity contribution in [3.8, 4) is 5.75 Å². The number of aliphatic hydroxyl groups is 4. The molecule has 26 heavy (non-hydrogen) atoms. The topological polar surface area (TPSA) is 99.4 Å². The molecule has 138 valence electrons. The molecule has 1 heterocycles. The number of ether oxygens (including phenoxy) is 2. The van der Waals surface area contributed by atoms with E-state index in [1.54, 1.807) is 12.1 Å². The molecular weight excluding hydrogens is 336 g/mol. The van der Waals surface area contributed by atoms with E-state index in [-0.39, 0.29) is 0 Å². The fourth-order valence-electron chi connectivity index (χ4n) is 2.77. The van der Waals surface area contributed by atoms with Crippen LogP contribution in [0.3, 0.4) is 0 Å². The monoisotopic (exact) mass is 358 g/mol. The second-order valence-corrected chi connectivity index (χ2v) is 6.10.